The molecule has 0 unspecified atom stereocenters. The van der Waals surface area contributed by atoms with Gasteiger partial charge < -0.3 is 0 Å². The predicted molar refractivity (Wildman–Crippen MR) is 60.5 cm³/mol. The molecule has 3 rings (SSSR count). The highest BCUT2D eigenvalue weighted by atomic mass is 19.4. The van der Waals surface area contributed by atoms with Crippen LogP contribution in [0.2, 0.25) is 0 Å². The van der Waals surface area contributed by atoms with Crippen molar-refractivity contribution in [3.05, 3.63) is 47.3 Å². The van der Waals surface area contributed by atoms with E-state index in [1.54, 1.807) is 0 Å². The van der Waals surface area contributed by atoms with Gasteiger partial charge in [0.2, 0.25) is 0 Å². The van der Waals surface area contributed by atoms with Crippen LogP contribution >= 0.6 is 0 Å². The molecule has 1 aromatic heterocycles. The van der Waals surface area contributed by atoms with E-state index in [9.17, 15) is 22.0 Å². The minimum absolute atomic E-state index is 0.127. The predicted octanol–water partition coefficient (Wildman–Crippen LogP) is 4.05. The molecule has 1 aliphatic rings. The molecule has 1 aromatic carbocycles. The summed E-state index contributed by atoms with van der Waals surface area (Å²) in [6.45, 7) is 0. The number of hydrogen-bond donors (Lipinski definition) is 0. The summed E-state index contributed by atoms with van der Waals surface area (Å²) >= 11 is 0. The molecular weight excluding hydrogens is 279 g/mol. The molecule has 2 aromatic rings. The lowest BCUT2D eigenvalue weighted by Gasteiger charge is -2.08. The minimum atomic E-state index is -4.64. The molecule has 0 N–H and O–H groups in total. The van der Waals surface area contributed by atoms with Crippen molar-refractivity contribution < 1.29 is 22.0 Å². The van der Waals surface area contributed by atoms with Gasteiger partial charge in [0.1, 0.15) is 5.69 Å². The molecule has 2 nitrogen and oxygen atoms in total. The lowest BCUT2D eigenvalue weighted by Crippen LogP contribution is -2.10. The van der Waals surface area contributed by atoms with Crippen LogP contribution in [0.4, 0.5) is 22.0 Å². The van der Waals surface area contributed by atoms with Gasteiger partial charge in [-0.2, -0.15) is 18.3 Å². The first-order valence-electron chi connectivity index (χ1n) is 5.99. The maximum atomic E-state index is 13.7. The first-order chi connectivity index (χ1) is 9.38. The second-order valence-corrected chi connectivity index (χ2v) is 4.71. The summed E-state index contributed by atoms with van der Waals surface area (Å²) in [6.07, 6.45) is -3.26. The second kappa shape index (κ2) is 4.29. The molecule has 1 saturated carbocycles. The molecule has 1 fully saturated rings. The Morgan fingerprint density at radius 2 is 1.70 bits per heavy atom. The van der Waals surface area contributed by atoms with Crippen LogP contribution in [0, 0.1) is 11.6 Å². The summed E-state index contributed by atoms with van der Waals surface area (Å²) in [7, 11) is 0. The number of benzene rings is 1. The van der Waals surface area contributed by atoms with E-state index in [2.05, 4.69) is 5.10 Å². The lowest BCUT2D eigenvalue weighted by atomic mass is 10.2. The van der Waals surface area contributed by atoms with Gasteiger partial charge >= 0.3 is 6.18 Å². The molecule has 1 heterocycles. The zero-order valence-corrected chi connectivity index (χ0v) is 10.1. The van der Waals surface area contributed by atoms with Gasteiger partial charge in [-0.15, -0.1) is 0 Å². The molecule has 0 amide bonds. The largest absolute Gasteiger partial charge is 0.435 e. The average Bonchev–Trinajstić information content (AvgIpc) is 3.08. The van der Waals surface area contributed by atoms with Gasteiger partial charge in [-0.1, -0.05) is 6.07 Å². The van der Waals surface area contributed by atoms with Crippen molar-refractivity contribution in [2.45, 2.75) is 24.9 Å². The Hall–Kier alpha value is -1.92. The van der Waals surface area contributed by atoms with E-state index in [4.69, 9.17) is 0 Å². The summed E-state index contributed by atoms with van der Waals surface area (Å²) in [5, 5.41) is 3.35. The number of aromatic nitrogens is 2. The third kappa shape index (κ3) is 2.17. The Bertz CT molecular complexity index is 635. The van der Waals surface area contributed by atoms with Crippen LogP contribution in [0.5, 0.6) is 0 Å². The van der Waals surface area contributed by atoms with Crippen molar-refractivity contribution in [1.29, 1.82) is 0 Å². The van der Waals surface area contributed by atoms with E-state index in [0.29, 0.717) is 12.8 Å². The molecule has 0 bridgehead atoms. The zero-order chi connectivity index (χ0) is 14.5. The molecule has 0 atom stereocenters. The van der Waals surface area contributed by atoms with Crippen LogP contribution in [-0.2, 0) is 6.18 Å². The quantitative estimate of drug-likeness (QED) is 0.762. The van der Waals surface area contributed by atoms with Gasteiger partial charge in [0.05, 0.1) is 0 Å². The van der Waals surface area contributed by atoms with Gasteiger partial charge in [0.25, 0.3) is 0 Å². The molecule has 7 heteroatoms. The maximum absolute atomic E-state index is 13.7. The van der Waals surface area contributed by atoms with E-state index in [1.807, 2.05) is 0 Å². The van der Waals surface area contributed by atoms with Crippen LogP contribution in [0.25, 0.3) is 5.69 Å². The topological polar surface area (TPSA) is 17.8 Å². The number of hydrogen-bond acceptors (Lipinski definition) is 1. The van der Waals surface area contributed by atoms with Crippen molar-refractivity contribution in [3.63, 3.8) is 0 Å². The Morgan fingerprint density at radius 3 is 2.20 bits per heavy atom. The van der Waals surface area contributed by atoms with E-state index in [1.165, 1.54) is 0 Å². The highest BCUT2D eigenvalue weighted by Crippen LogP contribution is 2.43. The van der Waals surface area contributed by atoms with Gasteiger partial charge in [-0.25, -0.2) is 13.5 Å². The number of halogens is 5. The minimum Gasteiger partial charge on any atom is -0.231 e. The van der Waals surface area contributed by atoms with Crippen LogP contribution in [-0.4, -0.2) is 9.78 Å². The molecule has 0 aliphatic heterocycles. The zero-order valence-electron chi connectivity index (χ0n) is 10.1. The third-order valence-electron chi connectivity index (χ3n) is 3.17. The first-order valence-corrected chi connectivity index (χ1v) is 5.99. The van der Waals surface area contributed by atoms with E-state index in [0.717, 1.165) is 28.9 Å². The smallest absolute Gasteiger partial charge is 0.231 e. The van der Waals surface area contributed by atoms with Crippen LogP contribution in [0.1, 0.15) is 30.1 Å². The summed E-state index contributed by atoms with van der Waals surface area (Å²) in [4.78, 5) is 0. The SMILES string of the molecule is Fc1cccc(F)c1-n1nc(C(F)(F)F)cc1C1CC1. The Kier molecular flexibility index (Phi) is 2.81. The van der Waals surface area contributed by atoms with Crippen LogP contribution < -0.4 is 0 Å². The van der Waals surface area contributed by atoms with Crippen LogP contribution in [0.3, 0.4) is 0 Å². The fraction of sp³-hybridized carbons (Fsp3) is 0.308. The Labute approximate surface area is 110 Å². The molecule has 106 valence electrons. The highest BCUT2D eigenvalue weighted by Gasteiger charge is 2.38. The van der Waals surface area contributed by atoms with Gasteiger partial charge in [0.15, 0.2) is 17.3 Å². The lowest BCUT2D eigenvalue weighted by molar-refractivity contribution is -0.141. The molecule has 0 radical (unpaired) electrons. The van der Waals surface area contributed by atoms with E-state index >= 15 is 0 Å². The molecule has 0 saturated heterocycles. The summed E-state index contributed by atoms with van der Waals surface area (Å²) < 4.78 is 66.3. The van der Waals surface area contributed by atoms with Crippen molar-refractivity contribution in [1.82, 2.24) is 9.78 Å². The second-order valence-electron chi connectivity index (χ2n) is 4.71. The van der Waals surface area contributed by atoms with Gasteiger partial charge in [-0.3, -0.25) is 0 Å². The normalized spacial score (nSPS) is 15.7. The fourth-order valence-corrected chi connectivity index (χ4v) is 2.07. The van der Waals surface area contributed by atoms with Gasteiger partial charge in [-0.05, 0) is 31.0 Å². The molecule has 1 aliphatic carbocycles. The summed E-state index contributed by atoms with van der Waals surface area (Å²) in [5.41, 5.74) is -1.51. The summed E-state index contributed by atoms with van der Waals surface area (Å²) in [5.74, 6) is -2.01. The highest BCUT2D eigenvalue weighted by molar-refractivity contribution is 5.38. The standard InChI is InChI=1S/C13H9F5N2/c14-8-2-1-3-9(15)12(8)20-10(7-4-5-7)6-11(19-20)13(16,17)18/h1-3,6-7H,4-5H2. The van der Waals surface area contributed by atoms with Crippen molar-refractivity contribution in [3.8, 4) is 5.69 Å². The number of alkyl halides is 3. The first kappa shape index (κ1) is 13.1. The monoisotopic (exact) mass is 288 g/mol. The van der Waals surface area contributed by atoms with E-state index < -0.39 is 29.2 Å². The van der Waals surface area contributed by atoms with Gasteiger partial charge in [0, 0.05) is 11.6 Å². The van der Waals surface area contributed by atoms with Crippen molar-refractivity contribution in [2.75, 3.05) is 0 Å². The van der Waals surface area contributed by atoms with Crippen molar-refractivity contribution in [2.24, 2.45) is 0 Å². The molecule has 0 spiro atoms. The Morgan fingerprint density at radius 1 is 1.10 bits per heavy atom. The molecular formula is C13H9F5N2. The number of para-hydroxylation sites is 1. The fourth-order valence-electron chi connectivity index (χ4n) is 2.07. The summed E-state index contributed by atoms with van der Waals surface area (Å²) in [6, 6.07) is 4.00. The van der Waals surface area contributed by atoms with E-state index in [-0.39, 0.29) is 11.6 Å². The molecule has 20 heavy (non-hydrogen) atoms. The van der Waals surface area contributed by atoms with Crippen molar-refractivity contribution >= 4 is 0 Å². The number of nitrogens with zero attached hydrogens (tertiary/aromatic N) is 2. The van der Waals surface area contributed by atoms with Crippen LogP contribution in [0.15, 0.2) is 24.3 Å². The Balaban J connectivity index is 2.20. The number of rotatable bonds is 2. The third-order valence-corrected chi connectivity index (χ3v) is 3.17. The average molecular weight is 288 g/mol. The maximum Gasteiger partial charge on any atom is 0.435 e.